The molecule has 2 N–H and O–H groups in total. The second kappa shape index (κ2) is 8.47. The minimum atomic E-state index is -0.656. The van der Waals surface area contributed by atoms with Gasteiger partial charge in [0, 0.05) is 31.7 Å². The number of anilines is 1. The van der Waals surface area contributed by atoms with E-state index in [2.05, 4.69) is 10.6 Å². The second-order valence-corrected chi connectivity index (χ2v) is 6.01. The molecule has 130 valence electrons. The molecule has 6 heteroatoms. The highest BCUT2D eigenvalue weighted by atomic mass is 16.2. The lowest BCUT2D eigenvalue weighted by molar-refractivity contribution is -0.136. The third-order valence-corrected chi connectivity index (χ3v) is 4.25. The Bertz CT molecular complexity index is 628. The number of amides is 3. The van der Waals surface area contributed by atoms with Crippen LogP contribution in [0.15, 0.2) is 18.2 Å². The molecule has 1 aromatic rings. The molecule has 0 atom stereocenters. The minimum Gasteiger partial charge on any atom is -0.348 e. The van der Waals surface area contributed by atoms with Gasteiger partial charge in [0.25, 0.3) is 0 Å². The maximum absolute atomic E-state index is 12.0. The molecule has 1 fully saturated rings. The first-order chi connectivity index (χ1) is 11.5. The summed E-state index contributed by atoms with van der Waals surface area (Å²) in [5, 5.41) is 5.31. The Hall–Kier alpha value is -2.37. The Morgan fingerprint density at radius 2 is 2.04 bits per heavy atom. The van der Waals surface area contributed by atoms with E-state index in [0.717, 1.165) is 30.5 Å². The van der Waals surface area contributed by atoms with E-state index in [4.69, 9.17) is 0 Å². The van der Waals surface area contributed by atoms with E-state index in [9.17, 15) is 14.4 Å². The van der Waals surface area contributed by atoms with Gasteiger partial charge in [-0.1, -0.05) is 25.1 Å². The van der Waals surface area contributed by atoms with Crippen molar-refractivity contribution in [2.75, 3.05) is 25.0 Å². The van der Waals surface area contributed by atoms with E-state index >= 15 is 0 Å². The van der Waals surface area contributed by atoms with Crippen LogP contribution in [0.1, 0.15) is 37.3 Å². The van der Waals surface area contributed by atoms with Gasteiger partial charge in [0.2, 0.25) is 5.91 Å². The van der Waals surface area contributed by atoms with Gasteiger partial charge in [-0.15, -0.1) is 0 Å². The second-order valence-electron chi connectivity index (χ2n) is 6.01. The fourth-order valence-electron chi connectivity index (χ4n) is 2.86. The quantitative estimate of drug-likeness (QED) is 0.614. The van der Waals surface area contributed by atoms with Crippen molar-refractivity contribution in [1.82, 2.24) is 10.2 Å². The lowest BCUT2D eigenvalue weighted by atomic mass is 10.1. The number of para-hydroxylation sites is 1. The molecular formula is C18H25N3O3. The highest BCUT2D eigenvalue weighted by Gasteiger charge is 2.20. The summed E-state index contributed by atoms with van der Waals surface area (Å²) < 4.78 is 0. The van der Waals surface area contributed by atoms with Crippen molar-refractivity contribution in [3.8, 4) is 0 Å². The fourth-order valence-corrected chi connectivity index (χ4v) is 2.86. The number of carbonyl (C=O) groups excluding carboxylic acids is 3. The molecule has 0 aliphatic carbocycles. The smallest absolute Gasteiger partial charge is 0.313 e. The molecule has 6 nitrogen and oxygen atoms in total. The monoisotopic (exact) mass is 331 g/mol. The minimum absolute atomic E-state index is 0.172. The van der Waals surface area contributed by atoms with Crippen LogP contribution in [0.3, 0.4) is 0 Å². The average Bonchev–Trinajstić information content (AvgIpc) is 2.98. The van der Waals surface area contributed by atoms with Crippen molar-refractivity contribution in [3.05, 3.63) is 29.3 Å². The van der Waals surface area contributed by atoms with Gasteiger partial charge in [-0.05, 0) is 37.3 Å². The molecule has 2 rings (SSSR count). The molecule has 1 aliphatic heterocycles. The number of likely N-dealkylation sites (tertiary alicyclic amines) is 1. The fraction of sp³-hybridized carbons (Fsp3) is 0.500. The summed E-state index contributed by atoms with van der Waals surface area (Å²) in [5.74, 6) is -1.13. The van der Waals surface area contributed by atoms with Crippen LogP contribution in [0.2, 0.25) is 0 Å². The number of carbonyl (C=O) groups is 3. The molecule has 24 heavy (non-hydrogen) atoms. The summed E-state index contributed by atoms with van der Waals surface area (Å²) in [6, 6.07) is 5.77. The first-order valence-corrected chi connectivity index (χ1v) is 8.48. The van der Waals surface area contributed by atoms with Crippen LogP contribution in [0.25, 0.3) is 0 Å². The molecule has 0 spiro atoms. The number of aryl methyl sites for hydroxylation is 2. The molecule has 0 radical (unpaired) electrons. The van der Waals surface area contributed by atoms with E-state index in [-0.39, 0.29) is 5.91 Å². The van der Waals surface area contributed by atoms with Gasteiger partial charge in [0.05, 0.1) is 0 Å². The highest BCUT2D eigenvalue weighted by molar-refractivity contribution is 6.39. The predicted molar refractivity (Wildman–Crippen MR) is 92.6 cm³/mol. The molecular weight excluding hydrogens is 306 g/mol. The third-order valence-electron chi connectivity index (χ3n) is 4.25. The molecule has 0 unspecified atom stereocenters. The van der Waals surface area contributed by atoms with Crippen LogP contribution in [-0.4, -0.2) is 42.3 Å². The topological polar surface area (TPSA) is 78.5 Å². The summed E-state index contributed by atoms with van der Waals surface area (Å²) in [6.07, 6.45) is 2.95. The Morgan fingerprint density at radius 1 is 1.25 bits per heavy atom. The number of nitrogens with zero attached hydrogens (tertiary/aromatic N) is 1. The van der Waals surface area contributed by atoms with Gasteiger partial charge in [-0.2, -0.15) is 0 Å². The largest absolute Gasteiger partial charge is 0.348 e. The molecule has 1 heterocycles. The number of hydrogen-bond acceptors (Lipinski definition) is 3. The average molecular weight is 331 g/mol. The van der Waals surface area contributed by atoms with Gasteiger partial charge < -0.3 is 15.5 Å². The maximum atomic E-state index is 12.0. The Labute approximate surface area is 142 Å². The van der Waals surface area contributed by atoms with Crippen molar-refractivity contribution < 1.29 is 14.4 Å². The normalized spacial score (nSPS) is 13.9. The number of benzene rings is 1. The van der Waals surface area contributed by atoms with Gasteiger partial charge in [0.15, 0.2) is 0 Å². The zero-order chi connectivity index (χ0) is 17.5. The van der Waals surface area contributed by atoms with Crippen molar-refractivity contribution in [3.63, 3.8) is 0 Å². The number of nitrogens with one attached hydrogen (secondary N) is 2. The zero-order valence-corrected chi connectivity index (χ0v) is 14.4. The van der Waals surface area contributed by atoms with Crippen LogP contribution in [0.4, 0.5) is 5.69 Å². The molecule has 0 aromatic heterocycles. The summed E-state index contributed by atoms with van der Waals surface area (Å²) >= 11 is 0. The lowest BCUT2D eigenvalue weighted by Gasteiger charge is -2.15. The van der Waals surface area contributed by atoms with Gasteiger partial charge in [0.1, 0.15) is 0 Å². The van der Waals surface area contributed by atoms with E-state index in [1.807, 2.05) is 32.0 Å². The van der Waals surface area contributed by atoms with Gasteiger partial charge >= 0.3 is 11.8 Å². The van der Waals surface area contributed by atoms with Crippen molar-refractivity contribution >= 4 is 23.4 Å². The van der Waals surface area contributed by atoms with Crippen molar-refractivity contribution in [2.24, 2.45) is 0 Å². The van der Waals surface area contributed by atoms with Crippen LogP contribution in [-0.2, 0) is 20.8 Å². The lowest BCUT2D eigenvalue weighted by Crippen LogP contribution is -2.37. The van der Waals surface area contributed by atoms with Crippen molar-refractivity contribution in [2.45, 2.75) is 39.5 Å². The van der Waals surface area contributed by atoms with Crippen LogP contribution < -0.4 is 10.6 Å². The maximum Gasteiger partial charge on any atom is 0.313 e. The number of hydrogen-bond donors (Lipinski definition) is 2. The first kappa shape index (κ1) is 18.0. The van der Waals surface area contributed by atoms with E-state index in [0.29, 0.717) is 31.6 Å². The van der Waals surface area contributed by atoms with E-state index in [1.165, 1.54) is 0 Å². The first-order valence-electron chi connectivity index (χ1n) is 8.48. The molecule has 0 saturated carbocycles. The SMILES string of the molecule is CCc1cccc(C)c1NC(=O)C(=O)NCCCN1CCCC1=O. The summed E-state index contributed by atoms with van der Waals surface area (Å²) in [7, 11) is 0. The Morgan fingerprint density at radius 3 is 2.71 bits per heavy atom. The third kappa shape index (κ3) is 4.57. The van der Waals surface area contributed by atoms with Crippen LogP contribution >= 0.6 is 0 Å². The van der Waals surface area contributed by atoms with Crippen LogP contribution in [0, 0.1) is 6.92 Å². The summed E-state index contributed by atoms with van der Waals surface area (Å²) in [4.78, 5) is 37.2. The standard InChI is InChI=1S/C18H25N3O3/c1-3-14-8-4-7-13(2)16(14)20-18(24)17(23)19-10-6-12-21-11-5-9-15(21)22/h4,7-8H,3,5-6,9-12H2,1-2H3,(H,19,23)(H,20,24). The molecule has 1 aliphatic rings. The highest BCUT2D eigenvalue weighted by Crippen LogP contribution is 2.20. The predicted octanol–water partition coefficient (Wildman–Crippen LogP) is 1.62. The summed E-state index contributed by atoms with van der Waals surface area (Å²) in [5.41, 5.74) is 2.65. The Balaban J connectivity index is 1.78. The number of rotatable bonds is 6. The molecule has 1 saturated heterocycles. The van der Waals surface area contributed by atoms with Gasteiger partial charge in [-0.3, -0.25) is 14.4 Å². The zero-order valence-electron chi connectivity index (χ0n) is 14.4. The van der Waals surface area contributed by atoms with E-state index in [1.54, 1.807) is 4.90 Å². The summed E-state index contributed by atoms with van der Waals surface area (Å²) in [6.45, 7) is 5.70. The molecule has 0 bridgehead atoms. The van der Waals surface area contributed by atoms with Crippen LogP contribution in [0.5, 0.6) is 0 Å². The molecule has 1 aromatic carbocycles. The molecule has 3 amide bonds. The van der Waals surface area contributed by atoms with Gasteiger partial charge in [-0.25, -0.2) is 0 Å². The Kier molecular flexibility index (Phi) is 6.35. The van der Waals surface area contributed by atoms with E-state index < -0.39 is 11.8 Å². The van der Waals surface area contributed by atoms with Crippen molar-refractivity contribution in [1.29, 1.82) is 0 Å².